The molecule has 0 aliphatic carbocycles. The highest BCUT2D eigenvalue weighted by atomic mass is 35.5. The minimum atomic E-state index is -3.60. The first kappa shape index (κ1) is 31.9. The lowest BCUT2D eigenvalue weighted by molar-refractivity contribution is 0.0156. The van der Waals surface area contributed by atoms with E-state index in [1.807, 2.05) is 4.90 Å². The van der Waals surface area contributed by atoms with Crippen LogP contribution in [0.25, 0.3) is 0 Å². The molecule has 0 bridgehead atoms. The predicted octanol–water partition coefficient (Wildman–Crippen LogP) is 4.95. The number of likely N-dealkylation sites (tertiary alicyclic amines) is 1. The van der Waals surface area contributed by atoms with E-state index in [9.17, 15) is 26.8 Å². The lowest BCUT2D eigenvalue weighted by Gasteiger charge is -2.34. The molecule has 226 valence electrons. The Hall–Kier alpha value is -3.06. The van der Waals surface area contributed by atoms with Crippen LogP contribution in [0.15, 0.2) is 47.6 Å². The molecular formula is C28H31Cl2F2N5O4S. The number of benzene rings is 2. The number of carbonyl (C=O) groups excluding carboxylic acids is 2. The second kappa shape index (κ2) is 13.1. The van der Waals surface area contributed by atoms with Crippen molar-refractivity contribution in [3.63, 3.8) is 0 Å². The lowest BCUT2D eigenvalue weighted by atomic mass is 9.97. The van der Waals surface area contributed by atoms with E-state index < -0.39 is 21.7 Å². The molecule has 1 aromatic heterocycles. The van der Waals surface area contributed by atoms with Gasteiger partial charge in [0.15, 0.2) is 9.84 Å². The number of aromatic amines is 1. The second-order valence-electron chi connectivity index (χ2n) is 10.2. The van der Waals surface area contributed by atoms with Crippen molar-refractivity contribution < 1.29 is 26.8 Å². The smallest absolute Gasteiger partial charge is 0.270 e. The largest absolute Gasteiger partial charge is 0.348 e. The summed E-state index contributed by atoms with van der Waals surface area (Å²) in [5.41, 5.74) is 0.387. The summed E-state index contributed by atoms with van der Waals surface area (Å²) in [5, 5.41) is 12.2. The maximum Gasteiger partial charge on any atom is 0.270 e. The molecule has 1 fully saturated rings. The number of hydrogen-bond donors (Lipinski definition) is 3. The first-order valence-corrected chi connectivity index (χ1v) is 15.7. The highest BCUT2D eigenvalue weighted by Crippen LogP contribution is 2.36. The number of amides is 2. The van der Waals surface area contributed by atoms with Gasteiger partial charge in [-0.15, -0.1) is 0 Å². The van der Waals surface area contributed by atoms with E-state index >= 15 is 0 Å². The molecule has 0 radical (unpaired) electrons. The summed E-state index contributed by atoms with van der Waals surface area (Å²) in [6.07, 6.45) is 4.39. The molecule has 2 aromatic carbocycles. The SMILES string of the molecule is CCS(=O)(=O)c1ccc(Cl)cc1CNC(=O)c1cc(Cl)c(CN2CCC[C@H](NC(=O)c3cn[nH]c3)C2)c(C(C)(F)F)c1. The van der Waals surface area contributed by atoms with Gasteiger partial charge in [0, 0.05) is 60.0 Å². The van der Waals surface area contributed by atoms with Gasteiger partial charge < -0.3 is 10.6 Å². The average molecular weight is 643 g/mol. The molecule has 3 aromatic rings. The Labute approximate surface area is 252 Å². The third-order valence-electron chi connectivity index (χ3n) is 7.09. The molecule has 1 atom stereocenters. The number of piperidine rings is 1. The van der Waals surface area contributed by atoms with Crippen LogP contribution in [-0.2, 0) is 28.8 Å². The second-order valence-corrected chi connectivity index (χ2v) is 13.3. The van der Waals surface area contributed by atoms with E-state index in [0.29, 0.717) is 18.7 Å². The van der Waals surface area contributed by atoms with Gasteiger partial charge in [-0.25, -0.2) is 17.2 Å². The number of sulfone groups is 1. The van der Waals surface area contributed by atoms with Crippen LogP contribution in [0.1, 0.15) is 64.1 Å². The maximum atomic E-state index is 14.9. The summed E-state index contributed by atoms with van der Waals surface area (Å²) < 4.78 is 54.7. The normalized spacial score (nSPS) is 16.3. The highest BCUT2D eigenvalue weighted by molar-refractivity contribution is 7.91. The van der Waals surface area contributed by atoms with E-state index in [1.54, 1.807) is 0 Å². The zero-order chi connectivity index (χ0) is 30.7. The Morgan fingerprint density at radius 3 is 2.60 bits per heavy atom. The zero-order valence-corrected chi connectivity index (χ0v) is 25.3. The van der Waals surface area contributed by atoms with Crippen molar-refractivity contribution in [2.75, 3.05) is 18.8 Å². The fourth-order valence-corrected chi connectivity index (χ4v) is 6.52. The third-order valence-corrected chi connectivity index (χ3v) is 9.49. The number of alkyl halides is 2. The minimum Gasteiger partial charge on any atom is -0.348 e. The van der Waals surface area contributed by atoms with Gasteiger partial charge in [-0.3, -0.25) is 19.6 Å². The molecule has 1 aliphatic rings. The number of nitrogens with one attached hydrogen (secondary N) is 3. The Bertz CT molecular complexity index is 1560. The summed E-state index contributed by atoms with van der Waals surface area (Å²) >= 11 is 12.6. The molecule has 0 spiro atoms. The quantitative estimate of drug-likeness (QED) is 0.288. The van der Waals surface area contributed by atoms with Crippen molar-refractivity contribution in [3.05, 3.63) is 80.6 Å². The number of rotatable bonds is 10. The molecule has 14 heteroatoms. The van der Waals surface area contributed by atoms with Gasteiger partial charge in [-0.1, -0.05) is 30.1 Å². The van der Waals surface area contributed by atoms with Gasteiger partial charge in [0.25, 0.3) is 17.7 Å². The summed E-state index contributed by atoms with van der Waals surface area (Å²) in [4.78, 5) is 27.5. The predicted molar refractivity (Wildman–Crippen MR) is 156 cm³/mol. The van der Waals surface area contributed by atoms with Gasteiger partial charge in [0.2, 0.25) is 0 Å². The Balaban J connectivity index is 1.51. The summed E-state index contributed by atoms with van der Waals surface area (Å²) in [6.45, 7) is 3.20. The van der Waals surface area contributed by atoms with Crippen molar-refractivity contribution in [2.24, 2.45) is 0 Å². The fraction of sp³-hybridized carbons (Fsp3) is 0.393. The van der Waals surface area contributed by atoms with Crippen LogP contribution in [0.2, 0.25) is 10.0 Å². The summed E-state index contributed by atoms with van der Waals surface area (Å²) in [6, 6.07) is 6.50. The van der Waals surface area contributed by atoms with Crippen LogP contribution in [0, 0.1) is 0 Å². The van der Waals surface area contributed by atoms with Gasteiger partial charge in [-0.05, 0) is 60.8 Å². The van der Waals surface area contributed by atoms with Crippen LogP contribution in [0.5, 0.6) is 0 Å². The lowest BCUT2D eigenvalue weighted by Crippen LogP contribution is -2.47. The third kappa shape index (κ3) is 7.66. The average Bonchev–Trinajstić information content (AvgIpc) is 3.47. The minimum absolute atomic E-state index is 0.000682. The summed E-state index contributed by atoms with van der Waals surface area (Å²) in [5.74, 6) is -4.43. The molecule has 3 N–H and O–H groups in total. The van der Waals surface area contributed by atoms with Crippen LogP contribution in [0.4, 0.5) is 8.78 Å². The number of H-pyrrole nitrogens is 1. The fourth-order valence-electron chi connectivity index (χ4n) is 4.93. The van der Waals surface area contributed by atoms with E-state index in [4.69, 9.17) is 23.2 Å². The van der Waals surface area contributed by atoms with Crippen LogP contribution >= 0.6 is 23.2 Å². The maximum absolute atomic E-state index is 14.9. The molecule has 4 rings (SSSR count). The summed E-state index contributed by atoms with van der Waals surface area (Å²) in [7, 11) is -3.60. The zero-order valence-electron chi connectivity index (χ0n) is 23.0. The molecule has 42 heavy (non-hydrogen) atoms. The van der Waals surface area contributed by atoms with Crippen LogP contribution < -0.4 is 10.6 Å². The van der Waals surface area contributed by atoms with Crippen molar-refractivity contribution >= 4 is 44.9 Å². The van der Waals surface area contributed by atoms with Crippen molar-refractivity contribution in [1.82, 2.24) is 25.7 Å². The van der Waals surface area contributed by atoms with Gasteiger partial charge in [0.1, 0.15) is 0 Å². The molecular weight excluding hydrogens is 611 g/mol. The molecule has 0 unspecified atom stereocenters. The number of aromatic nitrogens is 2. The topological polar surface area (TPSA) is 124 Å². The Morgan fingerprint density at radius 1 is 1.17 bits per heavy atom. The van der Waals surface area contributed by atoms with Crippen LogP contribution in [0.3, 0.4) is 0 Å². The van der Waals surface area contributed by atoms with Gasteiger partial charge in [0.05, 0.1) is 22.4 Å². The number of hydrogen-bond acceptors (Lipinski definition) is 6. The number of nitrogens with zero attached hydrogens (tertiary/aromatic N) is 2. The Morgan fingerprint density at radius 2 is 1.93 bits per heavy atom. The van der Waals surface area contributed by atoms with Gasteiger partial charge >= 0.3 is 0 Å². The van der Waals surface area contributed by atoms with Crippen molar-refractivity contribution in [2.45, 2.75) is 56.6 Å². The van der Waals surface area contributed by atoms with E-state index in [2.05, 4.69) is 20.8 Å². The van der Waals surface area contributed by atoms with E-state index in [-0.39, 0.29) is 68.0 Å². The van der Waals surface area contributed by atoms with Crippen molar-refractivity contribution in [1.29, 1.82) is 0 Å². The number of halogens is 4. The van der Waals surface area contributed by atoms with Crippen molar-refractivity contribution in [3.8, 4) is 0 Å². The Kier molecular flexibility index (Phi) is 9.92. The molecule has 2 amide bonds. The molecule has 0 saturated carbocycles. The van der Waals surface area contributed by atoms with E-state index in [1.165, 1.54) is 43.6 Å². The first-order valence-electron chi connectivity index (χ1n) is 13.3. The molecule has 1 aliphatic heterocycles. The highest BCUT2D eigenvalue weighted by Gasteiger charge is 2.32. The van der Waals surface area contributed by atoms with E-state index in [0.717, 1.165) is 25.8 Å². The van der Waals surface area contributed by atoms with Gasteiger partial charge in [-0.2, -0.15) is 5.10 Å². The molecule has 1 saturated heterocycles. The first-order chi connectivity index (χ1) is 19.8. The standard InChI is InChI=1S/C28H31Cl2F2N5O4S/c1-3-42(40,41)25-7-6-20(29)9-18(25)12-33-26(38)17-10-23(28(2,31)32)22(24(30)11-17)16-37-8-4-5-21(15-37)36-27(39)19-13-34-35-14-19/h6-7,9-11,13-14,21H,3-5,8,12,15-16H2,1-2H3,(H,33,38)(H,34,35)(H,36,39)/t21-/m0/s1. The number of carbonyl (C=O) groups is 2. The molecule has 9 nitrogen and oxygen atoms in total. The van der Waals surface area contributed by atoms with Crippen LogP contribution in [-0.4, -0.2) is 60.2 Å². The molecule has 2 heterocycles. The monoisotopic (exact) mass is 641 g/mol.